The molecule has 1 aliphatic carbocycles. The van der Waals surface area contributed by atoms with Crippen LogP contribution < -0.4 is 4.74 Å². The Hall–Kier alpha value is -1.03. The number of carbonyl (C=O) groups is 1. The normalized spacial score (nSPS) is 21.1. The predicted octanol–water partition coefficient (Wildman–Crippen LogP) is 3.72. The van der Waals surface area contributed by atoms with E-state index in [1.807, 2.05) is 24.3 Å². The Morgan fingerprint density at radius 3 is 2.81 bits per heavy atom. The van der Waals surface area contributed by atoms with Crippen molar-refractivity contribution in [2.45, 2.75) is 44.1 Å². The fraction of sp³-hybridized carbons (Fsp3) is 0.588. The van der Waals surface area contributed by atoms with E-state index in [9.17, 15) is 4.79 Å². The smallest absolute Gasteiger partial charge is 0.230 e. The Morgan fingerprint density at radius 1 is 1.29 bits per heavy atom. The molecule has 0 spiro atoms. The summed E-state index contributed by atoms with van der Waals surface area (Å²) in [6.45, 7) is 1.51. The third kappa shape index (κ3) is 3.10. The van der Waals surface area contributed by atoms with Gasteiger partial charge in [0.15, 0.2) is 0 Å². The molecule has 1 heterocycles. The van der Waals surface area contributed by atoms with E-state index >= 15 is 0 Å². The lowest BCUT2D eigenvalue weighted by Crippen LogP contribution is -2.47. The molecule has 0 bridgehead atoms. The molecule has 1 amide bonds. The highest BCUT2D eigenvalue weighted by molar-refractivity contribution is 9.09. The number of alkyl halides is 1. The summed E-state index contributed by atoms with van der Waals surface area (Å²) in [4.78, 5) is 15.2. The molecule has 0 N–H and O–H groups in total. The van der Waals surface area contributed by atoms with E-state index in [1.165, 1.54) is 19.3 Å². The summed E-state index contributed by atoms with van der Waals surface area (Å²) in [5.41, 5.74) is 1.07. The molecule has 0 radical (unpaired) electrons. The minimum atomic E-state index is -0.0223. The molecule has 1 unspecified atom stereocenters. The van der Waals surface area contributed by atoms with Crippen molar-refractivity contribution >= 4 is 21.8 Å². The maximum Gasteiger partial charge on any atom is 0.230 e. The Morgan fingerprint density at radius 2 is 2.10 bits per heavy atom. The van der Waals surface area contributed by atoms with Crippen molar-refractivity contribution in [1.29, 1.82) is 0 Å². The highest BCUT2D eigenvalue weighted by Gasteiger charge is 2.35. The highest BCUT2D eigenvalue weighted by atomic mass is 79.9. The van der Waals surface area contributed by atoms with Crippen LogP contribution in [0, 0.1) is 0 Å². The van der Waals surface area contributed by atoms with E-state index in [2.05, 4.69) is 20.8 Å². The van der Waals surface area contributed by atoms with Gasteiger partial charge in [-0.1, -0.05) is 34.1 Å². The number of hydrogen-bond donors (Lipinski definition) is 0. The summed E-state index contributed by atoms with van der Waals surface area (Å²) < 4.78 is 5.69. The predicted molar refractivity (Wildman–Crippen MR) is 87.1 cm³/mol. The van der Waals surface area contributed by atoms with Crippen LogP contribution in [0.1, 0.15) is 43.6 Å². The number of fused-ring (bicyclic) bond motifs is 1. The van der Waals surface area contributed by atoms with Crippen molar-refractivity contribution in [3.05, 3.63) is 29.8 Å². The second kappa shape index (κ2) is 6.82. The van der Waals surface area contributed by atoms with Gasteiger partial charge in [0.2, 0.25) is 5.91 Å². The molecule has 1 aliphatic heterocycles. The first-order valence-electron chi connectivity index (χ1n) is 7.89. The van der Waals surface area contributed by atoms with Crippen LogP contribution in [0.25, 0.3) is 0 Å². The number of halogens is 1. The zero-order chi connectivity index (χ0) is 14.7. The zero-order valence-corrected chi connectivity index (χ0v) is 13.8. The quantitative estimate of drug-likeness (QED) is 0.756. The first-order valence-corrected chi connectivity index (χ1v) is 9.01. The zero-order valence-electron chi connectivity index (χ0n) is 12.3. The molecule has 3 rings (SSSR count). The maximum atomic E-state index is 13.1. The van der Waals surface area contributed by atoms with Crippen LogP contribution in [0.15, 0.2) is 24.3 Å². The summed E-state index contributed by atoms with van der Waals surface area (Å²) in [7, 11) is 0. The molecule has 1 aromatic rings. The van der Waals surface area contributed by atoms with E-state index < -0.39 is 0 Å². The van der Waals surface area contributed by atoms with Crippen LogP contribution in [0.2, 0.25) is 0 Å². The van der Waals surface area contributed by atoms with Crippen molar-refractivity contribution < 1.29 is 9.53 Å². The third-order valence-electron chi connectivity index (χ3n) is 4.59. The molecule has 21 heavy (non-hydrogen) atoms. The Kier molecular flexibility index (Phi) is 4.84. The number of nitrogens with zero attached hydrogens (tertiary/aromatic N) is 1. The molecule has 1 aromatic carbocycles. The van der Waals surface area contributed by atoms with Gasteiger partial charge in [-0.2, -0.15) is 0 Å². The van der Waals surface area contributed by atoms with Crippen LogP contribution in [0.3, 0.4) is 0 Å². The molecule has 114 valence electrons. The highest BCUT2D eigenvalue weighted by Crippen LogP contribution is 2.36. The number of rotatable bonds is 5. The van der Waals surface area contributed by atoms with Gasteiger partial charge in [-0.25, -0.2) is 0 Å². The van der Waals surface area contributed by atoms with E-state index in [1.54, 1.807) is 0 Å². The lowest BCUT2D eigenvalue weighted by atomic mass is 9.87. The lowest BCUT2D eigenvalue weighted by Gasteiger charge is -2.40. The van der Waals surface area contributed by atoms with Crippen molar-refractivity contribution in [3.8, 4) is 5.75 Å². The molecule has 4 heteroatoms. The van der Waals surface area contributed by atoms with Crippen molar-refractivity contribution in [2.24, 2.45) is 0 Å². The molecule has 1 atom stereocenters. The summed E-state index contributed by atoms with van der Waals surface area (Å²) in [6.07, 6.45) is 5.41. The molecule has 0 aromatic heterocycles. The SMILES string of the molecule is O=C(C1CCOc2ccccc21)N(CCCBr)C1CCC1. The standard InChI is InChI=1S/C17H22BrNO2/c18-10-4-11-19(13-5-3-6-13)17(20)15-9-12-21-16-8-2-1-7-14(15)16/h1-2,7-8,13,15H,3-6,9-12H2. The van der Waals surface area contributed by atoms with Gasteiger partial charge in [-0.05, 0) is 38.2 Å². The van der Waals surface area contributed by atoms with Gasteiger partial charge in [0.1, 0.15) is 5.75 Å². The number of para-hydroxylation sites is 1. The van der Waals surface area contributed by atoms with Gasteiger partial charge in [-0.15, -0.1) is 0 Å². The number of benzene rings is 1. The van der Waals surface area contributed by atoms with Crippen molar-refractivity contribution in [1.82, 2.24) is 4.90 Å². The summed E-state index contributed by atoms with van der Waals surface area (Å²) in [6, 6.07) is 8.45. The Bertz CT molecular complexity index is 501. The summed E-state index contributed by atoms with van der Waals surface area (Å²) in [5, 5.41) is 0.952. The lowest BCUT2D eigenvalue weighted by molar-refractivity contribution is -0.137. The maximum absolute atomic E-state index is 13.1. The molecule has 1 saturated carbocycles. The fourth-order valence-electron chi connectivity index (χ4n) is 3.20. The Labute approximate surface area is 134 Å². The number of ether oxygens (including phenoxy) is 1. The topological polar surface area (TPSA) is 29.5 Å². The monoisotopic (exact) mass is 351 g/mol. The van der Waals surface area contributed by atoms with Gasteiger partial charge in [0, 0.05) is 23.5 Å². The molecule has 1 fully saturated rings. The van der Waals surface area contributed by atoms with Crippen LogP contribution in [-0.2, 0) is 4.79 Å². The first-order chi connectivity index (χ1) is 10.3. The number of hydrogen-bond acceptors (Lipinski definition) is 2. The minimum absolute atomic E-state index is 0.0223. The molecule has 0 saturated heterocycles. The fourth-order valence-corrected chi connectivity index (χ4v) is 3.45. The van der Waals surface area contributed by atoms with E-state index in [4.69, 9.17) is 4.74 Å². The van der Waals surface area contributed by atoms with Gasteiger partial charge in [-0.3, -0.25) is 4.79 Å². The van der Waals surface area contributed by atoms with Crippen molar-refractivity contribution in [3.63, 3.8) is 0 Å². The molecule has 2 aliphatic rings. The van der Waals surface area contributed by atoms with Crippen LogP contribution >= 0.6 is 15.9 Å². The average Bonchev–Trinajstić information content (AvgIpc) is 2.48. The van der Waals surface area contributed by atoms with E-state index in [0.717, 1.165) is 36.0 Å². The van der Waals surface area contributed by atoms with Crippen LogP contribution in [0.5, 0.6) is 5.75 Å². The number of amides is 1. The molecule has 3 nitrogen and oxygen atoms in total. The minimum Gasteiger partial charge on any atom is -0.493 e. The van der Waals surface area contributed by atoms with Gasteiger partial charge in [0.05, 0.1) is 12.5 Å². The second-order valence-electron chi connectivity index (χ2n) is 5.89. The summed E-state index contributed by atoms with van der Waals surface area (Å²) >= 11 is 3.48. The third-order valence-corrected chi connectivity index (χ3v) is 5.15. The second-order valence-corrected chi connectivity index (χ2v) is 6.68. The van der Waals surface area contributed by atoms with Crippen LogP contribution in [-0.4, -0.2) is 35.3 Å². The van der Waals surface area contributed by atoms with Gasteiger partial charge >= 0.3 is 0 Å². The Balaban J connectivity index is 1.79. The van der Waals surface area contributed by atoms with Crippen molar-refractivity contribution in [2.75, 3.05) is 18.5 Å². The molecular weight excluding hydrogens is 330 g/mol. The largest absolute Gasteiger partial charge is 0.493 e. The molecular formula is C17H22BrNO2. The van der Waals surface area contributed by atoms with E-state index in [0.29, 0.717) is 18.6 Å². The average molecular weight is 352 g/mol. The van der Waals surface area contributed by atoms with E-state index in [-0.39, 0.29) is 5.92 Å². The van der Waals surface area contributed by atoms with Gasteiger partial charge in [0.25, 0.3) is 0 Å². The first kappa shape index (κ1) is 14.9. The van der Waals surface area contributed by atoms with Crippen LogP contribution in [0.4, 0.5) is 0 Å². The summed E-state index contributed by atoms with van der Waals surface area (Å²) in [5.74, 6) is 1.17. The van der Waals surface area contributed by atoms with Gasteiger partial charge < -0.3 is 9.64 Å². The number of carbonyl (C=O) groups excluding carboxylic acids is 1.